The van der Waals surface area contributed by atoms with Gasteiger partial charge in [-0.15, -0.1) is 0 Å². The van der Waals surface area contributed by atoms with Crippen LogP contribution >= 0.6 is 0 Å². The van der Waals surface area contributed by atoms with Gasteiger partial charge in [0, 0.05) is 31.7 Å². The van der Waals surface area contributed by atoms with Crippen LogP contribution in [-0.2, 0) is 0 Å². The van der Waals surface area contributed by atoms with Crippen LogP contribution < -0.4 is 5.32 Å². The average molecular weight is 209 g/mol. The van der Waals surface area contributed by atoms with Crippen molar-refractivity contribution < 1.29 is 9.32 Å². The molecule has 0 atom stereocenters. The molecule has 1 aliphatic rings. The molecule has 0 saturated carbocycles. The summed E-state index contributed by atoms with van der Waals surface area (Å²) in [7, 11) is 0. The van der Waals surface area contributed by atoms with E-state index in [0.29, 0.717) is 11.5 Å². The maximum atomic E-state index is 12.0. The molecular formula is C10H15N3O2. The summed E-state index contributed by atoms with van der Waals surface area (Å²) in [6.07, 6.45) is 0. The molecule has 1 aromatic heterocycles. The lowest BCUT2D eigenvalue weighted by molar-refractivity contribution is 0.0724. The molecule has 1 saturated heterocycles. The Morgan fingerprint density at radius 2 is 2.07 bits per heavy atom. The van der Waals surface area contributed by atoms with Gasteiger partial charge in [-0.25, -0.2) is 0 Å². The molecule has 0 aromatic carbocycles. The molecule has 1 aliphatic heterocycles. The average Bonchev–Trinajstić information content (AvgIpc) is 2.60. The van der Waals surface area contributed by atoms with Crippen LogP contribution in [0.1, 0.15) is 21.8 Å². The highest BCUT2D eigenvalue weighted by Gasteiger charge is 2.23. The largest absolute Gasteiger partial charge is 0.361 e. The van der Waals surface area contributed by atoms with Crippen molar-refractivity contribution in [2.75, 3.05) is 26.2 Å². The van der Waals surface area contributed by atoms with Gasteiger partial charge in [0.2, 0.25) is 0 Å². The van der Waals surface area contributed by atoms with E-state index in [-0.39, 0.29) is 5.91 Å². The lowest BCUT2D eigenvalue weighted by Crippen LogP contribution is -2.46. The summed E-state index contributed by atoms with van der Waals surface area (Å²) in [5.74, 6) is 0.694. The van der Waals surface area contributed by atoms with Crippen LogP contribution in [0.3, 0.4) is 0 Å². The number of rotatable bonds is 1. The molecule has 0 spiro atoms. The summed E-state index contributed by atoms with van der Waals surface area (Å²) in [6, 6.07) is 0. The molecule has 2 heterocycles. The van der Waals surface area contributed by atoms with Gasteiger partial charge < -0.3 is 14.7 Å². The number of aryl methyl sites for hydroxylation is 1. The third-order valence-electron chi connectivity index (χ3n) is 2.76. The number of nitrogens with one attached hydrogen (secondary N) is 1. The minimum atomic E-state index is -0.0224. The van der Waals surface area contributed by atoms with Crippen molar-refractivity contribution in [1.29, 1.82) is 0 Å². The van der Waals surface area contributed by atoms with E-state index in [0.717, 1.165) is 31.7 Å². The second kappa shape index (κ2) is 4.02. The fraction of sp³-hybridized carbons (Fsp3) is 0.600. The molecule has 0 bridgehead atoms. The molecule has 5 nitrogen and oxygen atoms in total. The van der Waals surface area contributed by atoms with Gasteiger partial charge in [-0.05, 0) is 13.8 Å². The van der Waals surface area contributed by atoms with Gasteiger partial charge in [0.1, 0.15) is 5.76 Å². The Morgan fingerprint density at radius 1 is 1.40 bits per heavy atom. The monoisotopic (exact) mass is 209 g/mol. The van der Waals surface area contributed by atoms with Gasteiger partial charge in [0.05, 0.1) is 0 Å². The second-order valence-corrected chi connectivity index (χ2v) is 3.75. The summed E-state index contributed by atoms with van der Waals surface area (Å²) < 4.78 is 4.99. The SMILES string of the molecule is Cc1onc(C(=O)N2CCNCC2)c1C. The van der Waals surface area contributed by atoms with Crippen LogP contribution in [0.2, 0.25) is 0 Å². The van der Waals surface area contributed by atoms with E-state index < -0.39 is 0 Å². The molecule has 2 rings (SSSR count). The Hall–Kier alpha value is -1.36. The van der Waals surface area contributed by atoms with Crippen molar-refractivity contribution in [3.8, 4) is 0 Å². The van der Waals surface area contributed by atoms with Crippen LogP contribution in [0.4, 0.5) is 0 Å². The molecule has 0 unspecified atom stereocenters. The van der Waals surface area contributed by atoms with Crippen LogP contribution in [0.5, 0.6) is 0 Å². The van der Waals surface area contributed by atoms with Gasteiger partial charge in [-0.1, -0.05) is 5.16 Å². The van der Waals surface area contributed by atoms with E-state index in [1.54, 1.807) is 4.90 Å². The zero-order chi connectivity index (χ0) is 10.8. The number of nitrogens with zero attached hydrogens (tertiary/aromatic N) is 2. The van der Waals surface area contributed by atoms with E-state index >= 15 is 0 Å². The van der Waals surface area contributed by atoms with Crippen molar-refractivity contribution >= 4 is 5.91 Å². The summed E-state index contributed by atoms with van der Waals surface area (Å²) in [5.41, 5.74) is 1.30. The molecule has 1 N–H and O–H groups in total. The number of hydrogen-bond acceptors (Lipinski definition) is 4. The third kappa shape index (κ3) is 1.87. The van der Waals surface area contributed by atoms with Crippen molar-refractivity contribution in [2.45, 2.75) is 13.8 Å². The Bertz CT molecular complexity index is 367. The van der Waals surface area contributed by atoms with Crippen LogP contribution in [0.25, 0.3) is 0 Å². The molecule has 5 heteroatoms. The minimum Gasteiger partial charge on any atom is -0.361 e. The Morgan fingerprint density at radius 3 is 2.60 bits per heavy atom. The first-order valence-corrected chi connectivity index (χ1v) is 5.13. The number of piperazine rings is 1. The van der Waals surface area contributed by atoms with E-state index in [9.17, 15) is 4.79 Å². The normalized spacial score (nSPS) is 16.8. The van der Waals surface area contributed by atoms with E-state index in [1.165, 1.54) is 0 Å². The minimum absolute atomic E-state index is 0.0224. The second-order valence-electron chi connectivity index (χ2n) is 3.75. The Kier molecular flexibility index (Phi) is 2.73. The number of hydrogen-bond donors (Lipinski definition) is 1. The van der Waals surface area contributed by atoms with Crippen LogP contribution in [0, 0.1) is 13.8 Å². The van der Waals surface area contributed by atoms with Gasteiger partial charge in [-0.3, -0.25) is 4.79 Å². The molecule has 1 amide bonds. The van der Waals surface area contributed by atoms with E-state index in [2.05, 4.69) is 10.5 Å². The highest BCUT2D eigenvalue weighted by Crippen LogP contribution is 2.13. The fourth-order valence-corrected chi connectivity index (χ4v) is 1.63. The predicted molar refractivity (Wildman–Crippen MR) is 54.8 cm³/mol. The van der Waals surface area contributed by atoms with E-state index in [1.807, 2.05) is 13.8 Å². The van der Waals surface area contributed by atoms with Crippen molar-refractivity contribution in [1.82, 2.24) is 15.4 Å². The van der Waals surface area contributed by atoms with Gasteiger partial charge in [0.15, 0.2) is 5.69 Å². The predicted octanol–water partition coefficient (Wildman–Crippen LogP) is 0.337. The number of aromatic nitrogens is 1. The zero-order valence-electron chi connectivity index (χ0n) is 9.04. The highest BCUT2D eigenvalue weighted by atomic mass is 16.5. The standard InChI is InChI=1S/C10H15N3O2/c1-7-8(2)15-12-9(7)10(14)13-5-3-11-4-6-13/h11H,3-6H2,1-2H3. The van der Waals surface area contributed by atoms with Crippen molar-refractivity contribution in [3.63, 3.8) is 0 Å². The van der Waals surface area contributed by atoms with Crippen LogP contribution in [0.15, 0.2) is 4.52 Å². The van der Waals surface area contributed by atoms with E-state index in [4.69, 9.17) is 4.52 Å². The molecule has 1 aromatic rings. The molecule has 0 aliphatic carbocycles. The topological polar surface area (TPSA) is 58.4 Å². The zero-order valence-corrected chi connectivity index (χ0v) is 9.04. The van der Waals surface area contributed by atoms with Crippen molar-refractivity contribution in [3.05, 3.63) is 17.0 Å². The molecule has 0 radical (unpaired) electrons. The summed E-state index contributed by atoms with van der Waals surface area (Å²) in [5, 5.41) is 7.01. The third-order valence-corrected chi connectivity index (χ3v) is 2.76. The first kappa shape index (κ1) is 10.2. The molecule has 1 fully saturated rings. The lowest BCUT2D eigenvalue weighted by atomic mass is 10.2. The molecular weight excluding hydrogens is 194 g/mol. The smallest absolute Gasteiger partial charge is 0.276 e. The van der Waals surface area contributed by atoms with Crippen molar-refractivity contribution in [2.24, 2.45) is 0 Å². The highest BCUT2D eigenvalue weighted by molar-refractivity contribution is 5.93. The summed E-state index contributed by atoms with van der Waals surface area (Å²) >= 11 is 0. The Balaban J connectivity index is 2.16. The maximum absolute atomic E-state index is 12.0. The summed E-state index contributed by atoms with van der Waals surface area (Å²) in [6.45, 7) is 6.86. The van der Waals surface area contributed by atoms with Gasteiger partial charge >= 0.3 is 0 Å². The lowest BCUT2D eigenvalue weighted by Gasteiger charge is -2.26. The molecule has 82 valence electrons. The summed E-state index contributed by atoms with van der Waals surface area (Å²) in [4.78, 5) is 13.8. The number of carbonyl (C=O) groups excluding carboxylic acids is 1. The van der Waals surface area contributed by atoms with Gasteiger partial charge in [0.25, 0.3) is 5.91 Å². The first-order chi connectivity index (χ1) is 7.20. The quantitative estimate of drug-likeness (QED) is 0.724. The first-order valence-electron chi connectivity index (χ1n) is 5.13. The number of carbonyl (C=O) groups is 1. The Labute approximate surface area is 88.4 Å². The number of amides is 1. The van der Waals surface area contributed by atoms with Gasteiger partial charge in [-0.2, -0.15) is 0 Å². The molecule has 15 heavy (non-hydrogen) atoms. The van der Waals surface area contributed by atoms with Crippen LogP contribution in [-0.4, -0.2) is 42.1 Å². The maximum Gasteiger partial charge on any atom is 0.276 e. The fourth-order valence-electron chi connectivity index (χ4n) is 1.63.